The van der Waals surface area contributed by atoms with Gasteiger partial charge in [-0.1, -0.05) is 0 Å². The maximum atomic E-state index is 13.1. The Balaban J connectivity index is 1.53. The van der Waals surface area contributed by atoms with Crippen molar-refractivity contribution in [2.24, 2.45) is 0 Å². The highest BCUT2D eigenvalue weighted by molar-refractivity contribution is 7.08. The third-order valence-corrected chi connectivity index (χ3v) is 6.06. The van der Waals surface area contributed by atoms with Crippen LogP contribution in [0, 0.1) is 0 Å². The third-order valence-electron chi connectivity index (χ3n) is 5.35. The third kappa shape index (κ3) is 3.64. The molecule has 1 aromatic carbocycles. The molecule has 28 heavy (non-hydrogen) atoms. The van der Waals surface area contributed by atoms with Gasteiger partial charge in [-0.05, 0) is 64.2 Å². The number of thiophene rings is 1. The average molecular weight is 397 g/mol. The van der Waals surface area contributed by atoms with Crippen molar-refractivity contribution >= 4 is 17.2 Å². The minimum absolute atomic E-state index is 0.0283. The summed E-state index contributed by atoms with van der Waals surface area (Å²) in [5.41, 5.74) is 3.53. The number of fused-ring (bicyclic) bond motifs is 1. The number of amides is 1. The van der Waals surface area contributed by atoms with Gasteiger partial charge in [0.05, 0.1) is 26.7 Å². The predicted molar refractivity (Wildman–Crippen MR) is 110 cm³/mol. The van der Waals surface area contributed by atoms with E-state index >= 15 is 0 Å². The molecule has 1 atom stereocenters. The maximum absolute atomic E-state index is 13.1. The molecule has 0 fully saturated rings. The fourth-order valence-corrected chi connectivity index (χ4v) is 4.51. The van der Waals surface area contributed by atoms with Crippen molar-refractivity contribution in [3.05, 3.63) is 70.2 Å². The second-order valence-corrected chi connectivity index (χ2v) is 7.73. The van der Waals surface area contributed by atoms with Gasteiger partial charge in [-0.3, -0.25) is 4.79 Å². The van der Waals surface area contributed by atoms with Crippen LogP contribution in [0.5, 0.6) is 11.5 Å². The van der Waals surface area contributed by atoms with E-state index in [-0.39, 0.29) is 11.9 Å². The molecule has 5 nitrogen and oxygen atoms in total. The summed E-state index contributed by atoms with van der Waals surface area (Å²) in [5, 5.41) is 4.19. The summed E-state index contributed by atoms with van der Waals surface area (Å²) in [6, 6.07) is 10.2. The molecule has 0 spiro atoms. The number of hydrogen-bond donors (Lipinski definition) is 0. The van der Waals surface area contributed by atoms with E-state index in [1.165, 1.54) is 11.1 Å². The Morgan fingerprint density at radius 2 is 1.86 bits per heavy atom. The van der Waals surface area contributed by atoms with Gasteiger partial charge in [-0.2, -0.15) is 11.3 Å². The Morgan fingerprint density at radius 3 is 2.50 bits per heavy atom. The molecule has 0 radical (unpaired) electrons. The number of methoxy groups -OCH3 is 2. The normalized spacial score (nSPS) is 14.4. The Bertz CT molecular complexity index is 901. The lowest BCUT2D eigenvalue weighted by atomic mass is 9.97. The Labute approximate surface area is 169 Å². The highest BCUT2D eigenvalue weighted by Gasteiger charge is 2.26. The molecule has 146 valence electrons. The van der Waals surface area contributed by atoms with Crippen LogP contribution in [0.1, 0.15) is 29.2 Å². The number of carbonyl (C=O) groups excluding carboxylic acids is 1. The number of ether oxygens (including phenoxy) is 2. The largest absolute Gasteiger partial charge is 0.493 e. The Hall–Kier alpha value is -2.73. The molecule has 0 N–H and O–H groups in total. The number of benzene rings is 1. The van der Waals surface area contributed by atoms with E-state index in [0.29, 0.717) is 18.7 Å². The van der Waals surface area contributed by atoms with Gasteiger partial charge in [0.15, 0.2) is 11.5 Å². The summed E-state index contributed by atoms with van der Waals surface area (Å²) in [6.07, 6.45) is 5.33. The van der Waals surface area contributed by atoms with E-state index in [2.05, 4.69) is 21.4 Å². The van der Waals surface area contributed by atoms with Crippen LogP contribution in [-0.4, -0.2) is 36.1 Å². The quantitative estimate of drug-likeness (QED) is 0.629. The van der Waals surface area contributed by atoms with Crippen LogP contribution in [-0.2, 0) is 17.8 Å². The fraction of sp³-hybridized carbons (Fsp3) is 0.318. The minimum atomic E-state index is 0.0283. The van der Waals surface area contributed by atoms with Gasteiger partial charge in [0.1, 0.15) is 0 Å². The summed E-state index contributed by atoms with van der Waals surface area (Å²) in [4.78, 5) is 15.1. The van der Waals surface area contributed by atoms with Gasteiger partial charge < -0.3 is 18.9 Å². The van der Waals surface area contributed by atoms with E-state index in [9.17, 15) is 4.79 Å². The molecule has 1 unspecified atom stereocenters. The van der Waals surface area contributed by atoms with Crippen molar-refractivity contribution in [1.29, 1.82) is 0 Å². The second-order valence-electron chi connectivity index (χ2n) is 6.95. The monoisotopic (exact) mass is 396 g/mol. The molecule has 1 aliphatic heterocycles. The molecule has 0 saturated carbocycles. The number of hydrogen-bond acceptors (Lipinski definition) is 4. The summed E-state index contributed by atoms with van der Waals surface area (Å²) in [7, 11) is 3.28. The highest BCUT2D eigenvalue weighted by Crippen LogP contribution is 2.34. The molecule has 0 saturated heterocycles. The standard InChI is InChI=1S/C22H24N2O3S/c1-26-20-11-16-5-9-24(14-18(16)12-21(20)27-2)22(25)13-19(17-6-10-28-15-17)23-7-3-4-8-23/h3-4,6-8,10-12,15,19H,5,9,13-14H2,1-2H3. The molecule has 1 aliphatic rings. The van der Waals surface area contributed by atoms with Gasteiger partial charge >= 0.3 is 0 Å². The van der Waals surface area contributed by atoms with Crippen LogP contribution in [0.15, 0.2) is 53.5 Å². The second kappa shape index (κ2) is 8.10. The van der Waals surface area contributed by atoms with Crippen LogP contribution in [0.2, 0.25) is 0 Å². The highest BCUT2D eigenvalue weighted by atomic mass is 32.1. The van der Waals surface area contributed by atoms with Crippen molar-refractivity contribution in [3.8, 4) is 11.5 Å². The summed E-state index contributed by atoms with van der Waals surface area (Å²) in [6.45, 7) is 1.33. The zero-order valence-corrected chi connectivity index (χ0v) is 16.9. The lowest BCUT2D eigenvalue weighted by Crippen LogP contribution is -2.37. The van der Waals surface area contributed by atoms with E-state index in [1.54, 1.807) is 25.6 Å². The lowest BCUT2D eigenvalue weighted by molar-refractivity contribution is -0.132. The zero-order chi connectivity index (χ0) is 19.5. The number of aromatic nitrogens is 1. The Kier molecular flexibility index (Phi) is 5.39. The summed E-state index contributed by atoms with van der Waals surface area (Å²) < 4.78 is 13.0. The first-order chi connectivity index (χ1) is 13.7. The van der Waals surface area contributed by atoms with Crippen molar-refractivity contribution in [2.75, 3.05) is 20.8 Å². The first-order valence-corrected chi connectivity index (χ1v) is 10.3. The first kappa shape index (κ1) is 18.6. The lowest BCUT2D eigenvalue weighted by Gasteiger charge is -2.31. The van der Waals surface area contributed by atoms with Crippen LogP contribution in [0.4, 0.5) is 0 Å². The van der Waals surface area contributed by atoms with Crippen LogP contribution in [0.3, 0.4) is 0 Å². The molecule has 0 aliphatic carbocycles. The minimum Gasteiger partial charge on any atom is -0.493 e. The molecule has 6 heteroatoms. The van der Waals surface area contributed by atoms with Crippen molar-refractivity contribution in [1.82, 2.24) is 9.47 Å². The van der Waals surface area contributed by atoms with Crippen LogP contribution < -0.4 is 9.47 Å². The molecule has 0 bridgehead atoms. The molecule has 3 heterocycles. The zero-order valence-electron chi connectivity index (χ0n) is 16.1. The number of nitrogens with zero attached hydrogens (tertiary/aromatic N) is 2. The molecule has 3 aromatic rings. The predicted octanol–water partition coefficient (Wildman–Crippen LogP) is 4.13. The molecule has 4 rings (SSSR count). The van der Waals surface area contributed by atoms with Gasteiger partial charge in [-0.25, -0.2) is 0 Å². The SMILES string of the molecule is COc1cc2c(cc1OC)CN(C(=O)CC(c1ccsc1)n1cccc1)CC2. The smallest absolute Gasteiger partial charge is 0.225 e. The Morgan fingerprint density at radius 1 is 1.14 bits per heavy atom. The van der Waals surface area contributed by atoms with E-state index in [1.807, 2.05) is 41.6 Å². The maximum Gasteiger partial charge on any atom is 0.225 e. The van der Waals surface area contributed by atoms with Gasteiger partial charge in [0.25, 0.3) is 0 Å². The van der Waals surface area contributed by atoms with Gasteiger partial charge in [0, 0.05) is 25.5 Å². The molecule has 2 aromatic heterocycles. The van der Waals surface area contributed by atoms with Crippen molar-refractivity contribution < 1.29 is 14.3 Å². The molecular weight excluding hydrogens is 372 g/mol. The molecular formula is C22H24N2O3S. The first-order valence-electron chi connectivity index (χ1n) is 9.35. The summed E-state index contributed by atoms with van der Waals surface area (Å²) in [5.74, 6) is 1.62. The van der Waals surface area contributed by atoms with Crippen LogP contribution in [0.25, 0.3) is 0 Å². The van der Waals surface area contributed by atoms with E-state index < -0.39 is 0 Å². The van der Waals surface area contributed by atoms with Crippen molar-refractivity contribution in [2.45, 2.75) is 25.4 Å². The fourth-order valence-electron chi connectivity index (χ4n) is 3.81. The van der Waals surface area contributed by atoms with Gasteiger partial charge in [0.2, 0.25) is 5.91 Å². The van der Waals surface area contributed by atoms with Crippen LogP contribution >= 0.6 is 11.3 Å². The number of carbonyl (C=O) groups is 1. The topological polar surface area (TPSA) is 43.7 Å². The molecule has 1 amide bonds. The van der Waals surface area contributed by atoms with Gasteiger partial charge in [-0.15, -0.1) is 0 Å². The number of rotatable bonds is 6. The summed E-state index contributed by atoms with van der Waals surface area (Å²) >= 11 is 1.66. The van der Waals surface area contributed by atoms with E-state index in [0.717, 1.165) is 24.3 Å². The van der Waals surface area contributed by atoms with E-state index in [4.69, 9.17) is 9.47 Å². The van der Waals surface area contributed by atoms with Crippen molar-refractivity contribution in [3.63, 3.8) is 0 Å². The average Bonchev–Trinajstić information content (AvgIpc) is 3.44.